The second-order valence-corrected chi connectivity index (χ2v) is 6.56. The molecule has 1 aromatic heterocycles. The molecule has 5 nitrogen and oxygen atoms in total. The van der Waals surface area contributed by atoms with Crippen LogP contribution in [0.3, 0.4) is 0 Å². The van der Waals surface area contributed by atoms with E-state index in [1.165, 1.54) is 17.7 Å². The van der Waals surface area contributed by atoms with Crippen molar-refractivity contribution in [3.05, 3.63) is 47.5 Å². The maximum absolute atomic E-state index is 13.5. The number of nitrogens with zero attached hydrogens (tertiary/aromatic N) is 3. The van der Waals surface area contributed by atoms with Gasteiger partial charge in [-0.1, -0.05) is 6.07 Å². The summed E-state index contributed by atoms with van der Waals surface area (Å²) in [6.07, 6.45) is 5.89. The number of fused-ring (bicyclic) bond motifs is 1. The van der Waals surface area contributed by atoms with Crippen molar-refractivity contribution in [2.24, 2.45) is 7.05 Å². The first-order valence-corrected chi connectivity index (χ1v) is 8.35. The quantitative estimate of drug-likeness (QED) is 0.914. The molecule has 0 amide bonds. The van der Waals surface area contributed by atoms with Gasteiger partial charge in [0.1, 0.15) is 11.6 Å². The van der Waals surface area contributed by atoms with Crippen LogP contribution in [0, 0.1) is 5.82 Å². The number of nitrogens with one attached hydrogen (secondary N) is 1. The van der Waals surface area contributed by atoms with Gasteiger partial charge in [-0.3, -0.25) is 4.68 Å². The molecule has 0 saturated heterocycles. The van der Waals surface area contributed by atoms with E-state index in [0.29, 0.717) is 12.4 Å². The Morgan fingerprint density at radius 2 is 2.29 bits per heavy atom. The topological polar surface area (TPSA) is 42.3 Å². The number of hydrogen-bond donors (Lipinski definition) is 1. The average molecular weight is 332 g/mol. The highest BCUT2D eigenvalue weighted by Gasteiger charge is 2.23. The number of aromatic nitrogens is 2. The van der Waals surface area contributed by atoms with Crippen LogP contribution < -0.4 is 10.1 Å². The van der Waals surface area contributed by atoms with Gasteiger partial charge >= 0.3 is 0 Å². The van der Waals surface area contributed by atoms with E-state index in [1.807, 2.05) is 30.2 Å². The summed E-state index contributed by atoms with van der Waals surface area (Å²) in [5.41, 5.74) is 2.22. The van der Waals surface area contributed by atoms with Gasteiger partial charge in [0.2, 0.25) is 0 Å². The molecular formula is C18H25FN4O. The van der Waals surface area contributed by atoms with Crippen molar-refractivity contribution >= 4 is 0 Å². The molecule has 130 valence electrons. The van der Waals surface area contributed by atoms with Gasteiger partial charge in [-0.15, -0.1) is 0 Å². The predicted octanol–water partition coefficient (Wildman–Crippen LogP) is 2.67. The van der Waals surface area contributed by atoms with E-state index in [4.69, 9.17) is 4.74 Å². The molecule has 0 bridgehead atoms. The number of halogens is 1. The first kappa shape index (κ1) is 16.9. The molecule has 3 rings (SSSR count). The van der Waals surface area contributed by atoms with Crippen molar-refractivity contribution in [2.45, 2.75) is 24.9 Å². The van der Waals surface area contributed by atoms with E-state index in [2.05, 4.69) is 29.4 Å². The summed E-state index contributed by atoms with van der Waals surface area (Å²) < 4.78 is 21.0. The third-order valence-corrected chi connectivity index (χ3v) is 4.54. The second kappa shape index (κ2) is 7.32. The molecule has 0 unspecified atom stereocenters. The van der Waals surface area contributed by atoms with Gasteiger partial charge in [0.15, 0.2) is 0 Å². The van der Waals surface area contributed by atoms with Crippen LogP contribution in [-0.2, 0) is 7.05 Å². The van der Waals surface area contributed by atoms with Crippen molar-refractivity contribution in [3.8, 4) is 5.75 Å². The standard InChI is InChI=1S/C18H25FN4O/c1-22(2)17(13-10-21-23(3)12-13)11-20-16-5-4-8-24-18-9-14(19)6-7-15(16)18/h6-7,9-10,12,16-17,20H,4-5,8,11H2,1-3H3/t16-,17-/m1/s1. The van der Waals surface area contributed by atoms with Gasteiger partial charge in [-0.05, 0) is 33.0 Å². The van der Waals surface area contributed by atoms with Crippen LogP contribution in [-0.4, -0.2) is 41.9 Å². The zero-order valence-electron chi connectivity index (χ0n) is 14.5. The fourth-order valence-corrected chi connectivity index (χ4v) is 3.22. The van der Waals surface area contributed by atoms with E-state index in [1.54, 1.807) is 0 Å². The number of ether oxygens (including phenoxy) is 1. The second-order valence-electron chi connectivity index (χ2n) is 6.56. The molecule has 2 aromatic rings. The van der Waals surface area contributed by atoms with Gasteiger partial charge in [0.25, 0.3) is 0 Å². The minimum atomic E-state index is -0.254. The summed E-state index contributed by atoms with van der Waals surface area (Å²) in [5, 5.41) is 7.92. The Morgan fingerprint density at radius 3 is 3.00 bits per heavy atom. The van der Waals surface area contributed by atoms with Crippen molar-refractivity contribution < 1.29 is 9.13 Å². The highest BCUT2D eigenvalue weighted by molar-refractivity contribution is 5.37. The summed E-state index contributed by atoms with van der Waals surface area (Å²) in [5.74, 6) is 0.406. The molecule has 1 aliphatic heterocycles. The van der Waals surface area contributed by atoms with Crippen LogP contribution in [0.4, 0.5) is 4.39 Å². The van der Waals surface area contributed by atoms with Gasteiger partial charge in [-0.25, -0.2) is 4.39 Å². The maximum atomic E-state index is 13.5. The Hall–Kier alpha value is -1.92. The lowest BCUT2D eigenvalue weighted by Crippen LogP contribution is -2.33. The van der Waals surface area contributed by atoms with Crippen LogP contribution in [0.2, 0.25) is 0 Å². The third kappa shape index (κ3) is 3.76. The highest BCUT2D eigenvalue weighted by atomic mass is 19.1. The van der Waals surface area contributed by atoms with Crippen LogP contribution in [0.1, 0.15) is 36.1 Å². The summed E-state index contributed by atoms with van der Waals surface area (Å²) >= 11 is 0. The molecule has 0 spiro atoms. The zero-order chi connectivity index (χ0) is 17.1. The summed E-state index contributed by atoms with van der Waals surface area (Å²) in [6.45, 7) is 1.43. The molecule has 2 heterocycles. The SMILES string of the molecule is CN(C)[C@H](CN[C@@H]1CCCOc2cc(F)ccc21)c1cnn(C)c1. The Kier molecular flexibility index (Phi) is 5.16. The molecular weight excluding hydrogens is 307 g/mol. The van der Waals surface area contributed by atoms with Crippen molar-refractivity contribution in [1.82, 2.24) is 20.0 Å². The van der Waals surface area contributed by atoms with E-state index in [9.17, 15) is 4.39 Å². The smallest absolute Gasteiger partial charge is 0.126 e. The van der Waals surface area contributed by atoms with E-state index in [0.717, 1.165) is 24.9 Å². The molecule has 1 aliphatic rings. The molecule has 0 saturated carbocycles. The summed E-state index contributed by atoms with van der Waals surface area (Å²) in [6, 6.07) is 5.23. The minimum Gasteiger partial charge on any atom is -0.493 e. The third-order valence-electron chi connectivity index (χ3n) is 4.54. The summed E-state index contributed by atoms with van der Waals surface area (Å²) in [7, 11) is 6.06. The average Bonchev–Trinajstić information content (AvgIpc) is 2.85. The first-order chi connectivity index (χ1) is 11.5. The lowest BCUT2D eigenvalue weighted by Gasteiger charge is -2.27. The number of rotatable bonds is 5. The molecule has 1 aromatic carbocycles. The normalized spacial score (nSPS) is 18.8. The van der Waals surface area contributed by atoms with Crippen LogP contribution in [0.5, 0.6) is 5.75 Å². The van der Waals surface area contributed by atoms with Gasteiger partial charge < -0.3 is 15.0 Å². The predicted molar refractivity (Wildman–Crippen MR) is 91.5 cm³/mol. The monoisotopic (exact) mass is 332 g/mol. The van der Waals surface area contributed by atoms with Crippen molar-refractivity contribution in [3.63, 3.8) is 0 Å². The highest BCUT2D eigenvalue weighted by Crippen LogP contribution is 2.32. The Bertz CT molecular complexity index is 685. The van der Waals surface area contributed by atoms with Crippen LogP contribution >= 0.6 is 0 Å². The number of benzene rings is 1. The molecule has 2 atom stereocenters. The van der Waals surface area contributed by atoms with E-state index in [-0.39, 0.29) is 17.9 Å². The number of hydrogen-bond acceptors (Lipinski definition) is 4. The fraction of sp³-hybridized carbons (Fsp3) is 0.500. The molecule has 24 heavy (non-hydrogen) atoms. The largest absolute Gasteiger partial charge is 0.493 e. The Morgan fingerprint density at radius 1 is 1.46 bits per heavy atom. The van der Waals surface area contributed by atoms with Gasteiger partial charge in [0.05, 0.1) is 12.8 Å². The Balaban J connectivity index is 1.75. The zero-order valence-corrected chi connectivity index (χ0v) is 14.5. The van der Waals surface area contributed by atoms with Crippen molar-refractivity contribution in [2.75, 3.05) is 27.2 Å². The summed E-state index contributed by atoms with van der Waals surface area (Å²) in [4.78, 5) is 2.18. The number of likely N-dealkylation sites (N-methyl/N-ethyl adjacent to an activating group) is 1. The maximum Gasteiger partial charge on any atom is 0.126 e. The lowest BCUT2D eigenvalue weighted by molar-refractivity contribution is 0.276. The molecule has 0 radical (unpaired) electrons. The molecule has 6 heteroatoms. The van der Waals surface area contributed by atoms with E-state index < -0.39 is 0 Å². The van der Waals surface area contributed by atoms with Gasteiger partial charge in [-0.2, -0.15) is 5.10 Å². The van der Waals surface area contributed by atoms with Crippen LogP contribution in [0.15, 0.2) is 30.6 Å². The minimum absolute atomic E-state index is 0.169. The fourth-order valence-electron chi connectivity index (χ4n) is 3.22. The molecule has 0 aliphatic carbocycles. The Labute approximate surface area is 142 Å². The first-order valence-electron chi connectivity index (χ1n) is 8.35. The van der Waals surface area contributed by atoms with Crippen molar-refractivity contribution in [1.29, 1.82) is 0 Å². The van der Waals surface area contributed by atoms with Crippen LogP contribution in [0.25, 0.3) is 0 Å². The molecule has 0 fully saturated rings. The number of aryl methyl sites for hydroxylation is 1. The lowest BCUT2D eigenvalue weighted by atomic mass is 10.0. The van der Waals surface area contributed by atoms with Gasteiger partial charge in [0, 0.05) is 49.1 Å². The van der Waals surface area contributed by atoms with E-state index >= 15 is 0 Å². The molecule has 1 N–H and O–H groups in total.